The second kappa shape index (κ2) is 6.61. The maximum absolute atomic E-state index is 14.2. The molecule has 2 rings (SSSR count). The number of rotatable bonds is 5. The Kier molecular flexibility index (Phi) is 4.83. The molecule has 0 N–H and O–H groups in total. The van der Waals surface area contributed by atoms with Gasteiger partial charge in [-0.15, -0.1) is 0 Å². The summed E-state index contributed by atoms with van der Waals surface area (Å²) in [5, 5.41) is 3.95. The molecular formula is C16H18F2N2O. The van der Waals surface area contributed by atoms with Crippen molar-refractivity contribution in [1.29, 1.82) is 0 Å². The Balaban J connectivity index is 2.35. The zero-order valence-corrected chi connectivity index (χ0v) is 12.2. The average molecular weight is 292 g/mol. The highest BCUT2D eigenvalue weighted by Crippen LogP contribution is 2.25. The van der Waals surface area contributed by atoms with Crippen LogP contribution in [0.5, 0.6) is 0 Å². The lowest BCUT2D eigenvalue weighted by atomic mass is 10.0. The lowest BCUT2D eigenvalue weighted by molar-refractivity contribution is 0.498. The quantitative estimate of drug-likeness (QED) is 0.791. The number of unbranched alkanes of at least 4 members (excludes halogenated alkanes) is 2. The van der Waals surface area contributed by atoms with Crippen molar-refractivity contribution in [3.63, 3.8) is 0 Å². The van der Waals surface area contributed by atoms with E-state index in [4.69, 9.17) is 0 Å². The molecule has 0 spiro atoms. The molecule has 0 atom stereocenters. The molecule has 1 aromatic heterocycles. The highest BCUT2D eigenvalue weighted by atomic mass is 19.2. The van der Waals surface area contributed by atoms with Crippen molar-refractivity contribution >= 4 is 0 Å². The topological polar surface area (TPSA) is 34.9 Å². The van der Waals surface area contributed by atoms with Crippen molar-refractivity contribution in [1.82, 2.24) is 9.78 Å². The molecule has 0 amide bonds. The molecule has 0 radical (unpaired) electrons. The largest absolute Gasteiger partial charge is 0.268 e. The van der Waals surface area contributed by atoms with Crippen molar-refractivity contribution in [2.75, 3.05) is 0 Å². The summed E-state index contributed by atoms with van der Waals surface area (Å²) in [6.07, 6.45) is 3.39. The van der Waals surface area contributed by atoms with E-state index in [1.165, 1.54) is 25.2 Å². The molecule has 0 unspecified atom stereocenters. The summed E-state index contributed by atoms with van der Waals surface area (Å²) in [6.45, 7) is 2.06. The van der Waals surface area contributed by atoms with Gasteiger partial charge in [0, 0.05) is 18.7 Å². The average Bonchev–Trinajstić information content (AvgIpc) is 2.47. The van der Waals surface area contributed by atoms with Gasteiger partial charge in [-0.05, 0) is 30.5 Å². The van der Waals surface area contributed by atoms with Crippen LogP contribution in [-0.2, 0) is 13.5 Å². The molecule has 0 aliphatic heterocycles. The van der Waals surface area contributed by atoms with Gasteiger partial charge >= 0.3 is 0 Å². The van der Waals surface area contributed by atoms with Gasteiger partial charge in [-0.2, -0.15) is 5.10 Å². The third-order valence-electron chi connectivity index (χ3n) is 3.45. The Morgan fingerprint density at radius 2 is 1.86 bits per heavy atom. The van der Waals surface area contributed by atoms with Crippen LogP contribution in [0.2, 0.25) is 0 Å². The van der Waals surface area contributed by atoms with Crippen molar-refractivity contribution in [3.05, 3.63) is 51.8 Å². The summed E-state index contributed by atoms with van der Waals surface area (Å²) in [5.74, 6) is -1.73. The maximum Gasteiger partial charge on any atom is 0.266 e. The van der Waals surface area contributed by atoms with Crippen molar-refractivity contribution in [3.8, 4) is 11.3 Å². The minimum Gasteiger partial charge on any atom is -0.268 e. The minimum atomic E-state index is -0.907. The summed E-state index contributed by atoms with van der Waals surface area (Å²) in [6, 6.07) is 5.80. The van der Waals surface area contributed by atoms with E-state index in [2.05, 4.69) is 12.0 Å². The lowest BCUT2D eigenvalue weighted by Gasteiger charge is -2.08. The van der Waals surface area contributed by atoms with Crippen LogP contribution >= 0.6 is 0 Å². The van der Waals surface area contributed by atoms with Crippen LogP contribution in [0, 0.1) is 11.6 Å². The minimum absolute atomic E-state index is 0.0716. The van der Waals surface area contributed by atoms with Crippen LogP contribution < -0.4 is 5.56 Å². The second-order valence-electron chi connectivity index (χ2n) is 5.04. The second-order valence-corrected chi connectivity index (χ2v) is 5.04. The highest BCUT2D eigenvalue weighted by Gasteiger charge is 2.15. The van der Waals surface area contributed by atoms with Gasteiger partial charge in [0.2, 0.25) is 0 Å². The predicted octanol–water partition coefficient (Wildman–Crippen LogP) is 3.46. The van der Waals surface area contributed by atoms with E-state index in [0.717, 1.165) is 23.9 Å². The molecule has 1 aromatic carbocycles. The number of aryl methyl sites for hydroxylation is 2. The molecule has 21 heavy (non-hydrogen) atoms. The Morgan fingerprint density at radius 1 is 1.10 bits per heavy atom. The van der Waals surface area contributed by atoms with Crippen molar-refractivity contribution in [2.45, 2.75) is 32.6 Å². The number of halogens is 2. The fourth-order valence-electron chi connectivity index (χ4n) is 2.19. The fraction of sp³-hybridized carbons (Fsp3) is 0.375. The van der Waals surface area contributed by atoms with Gasteiger partial charge in [0.15, 0.2) is 11.6 Å². The SMILES string of the molecule is CCCCCc1ccc(-c2ccc(=O)n(C)n2)c(F)c1F. The molecule has 112 valence electrons. The lowest BCUT2D eigenvalue weighted by Crippen LogP contribution is -2.18. The number of hydrogen-bond acceptors (Lipinski definition) is 2. The smallest absolute Gasteiger partial charge is 0.266 e. The first-order valence-corrected chi connectivity index (χ1v) is 7.06. The molecule has 3 nitrogen and oxygen atoms in total. The van der Waals surface area contributed by atoms with Crippen LogP contribution in [0.1, 0.15) is 31.7 Å². The molecule has 0 aliphatic rings. The zero-order valence-electron chi connectivity index (χ0n) is 12.2. The summed E-state index contributed by atoms with van der Waals surface area (Å²) in [4.78, 5) is 11.3. The van der Waals surface area contributed by atoms with Crippen molar-refractivity contribution < 1.29 is 8.78 Å². The van der Waals surface area contributed by atoms with Crippen LogP contribution in [-0.4, -0.2) is 9.78 Å². The van der Waals surface area contributed by atoms with Gasteiger partial charge in [-0.1, -0.05) is 25.8 Å². The highest BCUT2D eigenvalue weighted by molar-refractivity contribution is 5.60. The molecular weight excluding hydrogens is 274 g/mol. The maximum atomic E-state index is 14.2. The van der Waals surface area contributed by atoms with E-state index >= 15 is 0 Å². The molecule has 0 aliphatic carbocycles. The van der Waals surface area contributed by atoms with Gasteiger partial charge in [0.05, 0.1) is 5.69 Å². The first-order chi connectivity index (χ1) is 10.0. The van der Waals surface area contributed by atoms with Gasteiger partial charge in [0.1, 0.15) is 0 Å². The van der Waals surface area contributed by atoms with E-state index in [1.54, 1.807) is 6.07 Å². The molecule has 2 aromatic rings. The normalized spacial score (nSPS) is 10.9. The van der Waals surface area contributed by atoms with E-state index in [9.17, 15) is 13.6 Å². The van der Waals surface area contributed by atoms with Crippen LogP contribution in [0.3, 0.4) is 0 Å². The van der Waals surface area contributed by atoms with Crippen LogP contribution in [0.15, 0.2) is 29.1 Å². The van der Waals surface area contributed by atoms with Gasteiger partial charge in [0.25, 0.3) is 5.56 Å². The number of aromatic nitrogens is 2. The van der Waals surface area contributed by atoms with E-state index < -0.39 is 11.6 Å². The molecule has 1 heterocycles. The summed E-state index contributed by atoms with van der Waals surface area (Å²) in [7, 11) is 1.47. The van der Waals surface area contributed by atoms with Gasteiger partial charge in [-0.3, -0.25) is 4.79 Å². The molecule has 5 heteroatoms. The van der Waals surface area contributed by atoms with Crippen LogP contribution in [0.4, 0.5) is 8.78 Å². The monoisotopic (exact) mass is 292 g/mol. The van der Waals surface area contributed by atoms with Gasteiger partial charge in [-0.25, -0.2) is 13.5 Å². The number of hydrogen-bond donors (Lipinski definition) is 0. The standard InChI is InChI=1S/C16H18F2N2O/c1-3-4-5-6-11-7-8-12(16(18)15(11)17)13-9-10-14(21)20(2)19-13/h7-10H,3-6H2,1-2H3. The number of benzene rings is 1. The zero-order chi connectivity index (χ0) is 15.4. The predicted molar refractivity (Wildman–Crippen MR) is 78.1 cm³/mol. The van der Waals surface area contributed by atoms with E-state index in [1.807, 2.05) is 0 Å². The Morgan fingerprint density at radius 3 is 2.52 bits per heavy atom. The molecule has 0 bridgehead atoms. The van der Waals surface area contributed by atoms with Crippen LogP contribution in [0.25, 0.3) is 11.3 Å². The van der Waals surface area contributed by atoms with Gasteiger partial charge < -0.3 is 0 Å². The van der Waals surface area contributed by atoms with E-state index in [0.29, 0.717) is 12.0 Å². The first-order valence-electron chi connectivity index (χ1n) is 7.06. The van der Waals surface area contributed by atoms with Crippen molar-refractivity contribution in [2.24, 2.45) is 7.05 Å². The molecule has 0 fully saturated rings. The Bertz CT molecular complexity index is 695. The first kappa shape index (κ1) is 15.4. The fourth-order valence-corrected chi connectivity index (χ4v) is 2.19. The number of nitrogens with zero attached hydrogens (tertiary/aromatic N) is 2. The molecule has 0 saturated heterocycles. The summed E-state index contributed by atoms with van der Waals surface area (Å²) in [5.41, 5.74) is 0.404. The third-order valence-corrected chi connectivity index (χ3v) is 3.45. The Labute approximate surface area is 122 Å². The third kappa shape index (κ3) is 3.35. The Hall–Kier alpha value is -2.04. The summed E-state index contributed by atoms with van der Waals surface area (Å²) >= 11 is 0. The van der Waals surface area contributed by atoms with E-state index in [-0.39, 0.29) is 16.8 Å². The summed E-state index contributed by atoms with van der Waals surface area (Å²) < 4.78 is 29.4. The molecule has 0 saturated carbocycles.